The van der Waals surface area contributed by atoms with Crippen molar-refractivity contribution in [2.45, 2.75) is 257 Å². The first-order valence-electron chi connectivity index (χ1n) is 25.1. The lowest BCUT2D eigenvalue weighted by Crippen LogP contribution is -2.46. The molecule has 0 rings (SSSR count). The van der Waals surface area contributed by atoms with Crippen LogP contribution in [0, 0.1) is 0 Å². The van der Waals surface area contributed by atoms with Gasteiger partial charge in [-0.15, -0.1) is 0 Å². The van der Waals surface area contributed by atoms with Gasteiger partial charge in [0.1, 0.15) is 6.10 Å². The molecule has 0 heterocycles. The Bertz CT molecular complexity index is 1060. The summed E-state index contributed by atoms with van der Waals surface area (Å²) in [6.45, 7) is 6.31. The predicted octanol–water partition coefficient (Wildman–Crippen LogP) is 14.8. The van der Waals surface area contributed by atoms with Crippen LogP contribution in [0.15, 0.2) is 60.8 Å². The molecule has 6 heteroatoms. The molecule has 0 bridgehead atoms. The summed E-state index contributed by atoms with van der Waals surface area (Å²) in [5.41, 5.74) is 0. The van der Waals surface area contributed by atoms with Crippen LogP contribution in [0.3, 0.4) is 0 Å². The molecule has 342 valence electrons. The van der Waals surface area contributed by atoms with E-state index in [0.717, 1.165) is 57.8 Å². The van der Waals surface area contributed by atoms with Crippen molar-refractivity contribution in [1.82, 2.24) is 5.32 Å². The number of aliphatic hydroxyl groups excluding tert-OH is 2. The summed E-state index contributed by atoms with van der Waals surface area (Å²) in [7, 11) is 0. The Balaban J connectivity index is 4.62. The van der Waals surface area contributed by atoms with E-state index in [-0.39, 0.29) is 24.9 Å². The average molecular weight is 826 g/mol. The third-order valence-electron chi connectivity index (χ3n) is 11.2. The summed E-state index contributed by atoms with van der Waals surface area (Å²) in [5, 5.41) is 23.7. The van der Waals surface area contributed by atoms with Crippen LogP contribution in [0.4, 0.5) is 0 Å². The molecule has 0 saturated carbocycles. The highest BCUT2D eigenvalue weighted by molar-refractivity contribution is 5.77. The minimum absolute atomic E-state index is 0.0294. The van der Waals surface area contributed by atoms with E-state index in [4.69, 9.17) is 4.74 Å². The first-order valence-corrected chi connectivity index (χ1v) is 25.1. The Morgan fingerprint density at radius 1 is 0.508 bits per heavy atom. The van der Waals surface area contributed by atoms with Crippen LogP contribution in [0.2, 0.25) is 0 Å². The third-order valence-corrected chi connectivity index (χ3v) is 11.2. The molecule has 1 amide bonds. The van der Waals surface area contributed by atoms with Gasteiger partial charge < -0.3 is 20.3 Å². The van der Waals surface area contributed by atoms with Crippen molar-refractivity contribution in [1.29, 1.82) is 0 Å². The van der Waals surface area contributed by atoms with Gasteiger partial charge in [-0.3, -0.25) is 9.59 Å². The van der Waals surface area contributed by atoms with E-state index in [1.165, 1.54) is 135 Å². The molecular formula is C53H95NO5. The van der Waals surface area contributed by atoms with Gasteiger partial charge in [0.2, 0.25) is 5.91 Å². The second kappa shape index (κ2) is 46.6. The van der Waals surface area contributed by atoms with Crippen LogP contribution in [-0.2, 0) is 14.3 Å². The zero-order valence-corrected chi connectivity index (χ0v) is 38.9. The van der Waals surface area contributed by atoms with Gasteiger partial charge in [0.25, 0.3) is 0 Å². The fourth-order valence-electron chi connectivity index (χ4n) is 7.46. The molecule has 3 N–H and O–H groups in total. The molecule has 0 aromatic heterocycles. The zero-order chi connectivity index (χ0) is 43.1. The van der Waals surface area contributed by atoms with E-state index >= 15 is 0 Å². The van der Waals surface area contributed by atoms with Gasteiger partial charge >= 0.3 is 5.97 Å². The van der Waals surface area contributed by atoms with E-state index in [1.54, 1.807) is 0 Å². The highest BCUT2D eigenvalue weighted by Gasteiger charge is 2.24. The summed E-state index contributed by atoms with van der Waals surface area (Å²) in [4.78, 5) is 26.0. The normalized spacial score (nSPS) is 13.8. The van der Waals surface area contributed by atoms with Crippen molar-refractivity contribution in [3.8, 4) is 0 Å². The predicted molar refractivity (Wildman–Crippen MR) is 255 cm³/mol. The quantitative estimate of drug-likeness (QED) is 0.0323. The van der Waals surface area contributed by atoms with Crippen LogP contribution < -0.4 is 5.32 Å². The van der Waals surface area contributed by atoms with Gasteiger partial charge in [0, 0.05) is 6.42 Å². The summed E-state index contributed by atoms with van der Waals surface area (Å²) < 4.78 is 5.88. The molecule has 59 heavy (non-hydrogen) atoms. The second-order valence-electron chi connectivity index (χ2n) is 17.0. The molecule has 3 atom stereocenters. The number of carbonyl (C=O) groups is 2. The summed E-state index contributed by atoms with van der Waals surface area (Å²) in [6.07, 6.45) is 57.1. The lowest BCUT2D eigenvalue weighted by molar-refractivity contribution is -0.151. The largest absolute Gasteiger partial charge is 0.462 e. The van der Waals surface area contributed by atoms with Crippen LogP contribution in [0.1, 0.15) is 239 Å². The summed E-state index contributed by atoms with van der Waals surface area (Å²) in [5.74, 6) is -0.544. The van der Waals surface area contributed by atoms with Crippen molar-refractivity contribution >= 4 is 11.9 Å². The summed E-state index contributed by atoms with van der Waals surface area (Å²) in [6, 6.07) is -0.724. The summed E-state index contributed by atoms with van der Waals surface area (Å²) >= 11 is 0. The van der Waals surface area contributed by atoms with Gasteiger partial charge in [0.15, 0.2) is 0 Å². The van der Waals surface area contributed by atoms with Crippen molar-refractivity contribution in [3.05, 3.63) is 60.8 Å². The first-order chi connectivity index (χ1) is 29.0. The van der Waals surface area contributed by atoms with Gasteiger partial charge in [-0.25, -0.2) is 0 Å². The topological polar surface area (TPSA) is 95.9 Å². The smallest absolute Gasteiger partial charge is 0.306 e. The Morgan fingerprint density at radius 3 is 1.36 bits per heavy atom. The lowest BCUT2D eigenvalue weighted by atomic mass is 10.0. The SMILES string of the molecule is CC/C=C/C=C/C=C\C=C/C=C/CCCC(CC(=O)NC(CO)C(O)CCCCCCCCCCCCCCCCCC)OC(=O)CCCCCCCCCCCCC. The first kappa shape index (κ1) is 56.6. The minimum Gasteiger partial charge on any atom is -0.462 e. The number of hydrogen-bond donors (Lipinski definition) is 3. The number of rotatable bonds is 44. The highest BCUT2D eigenvalue weighted by atomic mass is 16.5. The molecule has 6 nitrogen and oxygen atoms in total. The minimum atomic E-state index is -0.806. The van der Waals surface area contributed by atoms with E-state index in [1.807, 2.05) is 48.6 Å². The Labute approximate surface area is 365 Å². The molecule has 0 spiro atoms. The maximum absolute atomic E-state index is 13.2. The van der Waals surface area contributed by atoms with Crippen molar-refractivity contribution in [2.24, 2.45) is 0 Å². The Hall–Kier alpha value is -2.44. The van der Waals surface area contributed by atoms with Crippen molar-refractivity contribution in [2.75, 3.05) is 6.61 Å². The lowest BCUT2D eigenvalue weighted by Gasteiger charge is -2.24. The van der Waals surface area contributed by atoms with E-state index in [2.05, 4.69) is 38.2 Å². The molecule has 0 aromatic rings. The van der Waals surface area contributed by atoms with Crippen molar-refractivity contribution < 1.29 is 24.5 Å². The van der Waals surface area contributed by atoms with Gasteiger partial charge in [0.05, 0.1) is 25.2 Å². The molecule has 0 aliphatic heterocycles. The number of unbranched alkanes of at least 4 members (excludes halogenated alkanes) is 26. The average Bonchev–Trinajstić information content (AvgIpc) is 3.23. The molecule has 3 unspecified atom stereocenters. The Kier molecular flexibility index (Phi) is 44.7. The van der Waals surface area contributed by atoms with E-state index < -0.39 is 18.2 Å². The van der Waals surface area contributed by atoms with E-state index in [0.29, 0.717) is 19.3 Å². The van der Waals surface area contributed by atoms with Gasteiger partial charge in [-0.1, -0.05) is 248 Å². The fraction of sp³-hybridized carbons (Fsp3) is 0.774. The molecule has 0 aliphatic rings. The number of carbonyl (C=O) groups excluding carboxylic acids is 2. The number of amides is 1. The molecule has 0 aliphatic carbocycles. The molecule has 0 fully saturated rings. The van der Waals surface area contributed by atoms with Crippen LogP contribution in [-0.4, -0.2) is 46.9 Å². The second-order valence-corrected chi connectivity index (χ2v) is 17.0. The maximum Gasteiger partial charge on any atom is 0.306 e. The van der Waals surface area contributed by atoms with E-state index in [9.17, 15) is 19.8 Å². The van der Waals surface area contributed by atoms with Crippen LogP contribution in [0.25, 0.3) is 0 Å². The third kappa shape index (κ3) is 42.1. The number of ether oxygens (including phenoxy) is 1. The van der Waals surface area contributed by atoms with Crippen LogP contribution >= 0.6 is 0 Å². The van der Waals surface area contributed by atoms with Crippen LogP contribution in [0.5, 0.6) is 0 Å². The van der Waals surface area contributed by atoms with Gasteiger partial charge in [-0.05, 0) is 38.5 Å². The fourth-order valence-corrected chi connectivity index (χ4v) is 7.46. The standard InChI is InChI=1S/C53H95NO5/c1-4-7-10-13-16-19-22-24-25-26-28-31-33-36-39-42-45-51(56)50(48-55)54-52(57)47-49(44-41-38-35-32-30-27-23-20-17-14-11-8-5-2)59-53(58)46-43-40-37-34-29-21-18-15-12-9-6-3/h8,11,14,17,20,23,27,30,32,35,49-51,55-56H,4-7,9-10,12-13,15-16,18-19,21-22,24-26,28-29,31,33-34,36-48H2,1-3H3,(H,54,57)/b11-8+,17-14+,23-20-,30-27-,35-32+. The number of esters is 1. The Morgan fingerprint density at radius 2 is 0.915 bits per heavy atom. The number of nitrogens with one attached hydrogen (secondary N) is 1. The molecule has 0 radical (unpaired) electrons. The number of aliphatic hydroxyl groups is 2. The maximum atomic E-state index is 13.2. The van der Waals surface area contributed by atoms with Gasteiger partial charge in [-0.2, -0.15) is 0 Å². The monoisotopic (exact) mass is 826 g/mol. The highest BCUT2D eigenvalue weighted by Crippen LogP contribution is 2.17. The van der Waals surface area contributed by atoms with Crippen molar-refractivity contribution in [3.63, 3.8) is 0 Å². The zero-order valence-electron chi connectivity index (χ0n) is 38.9. The number of hydrogen-bond acceptors (Lipinski definition) is 5. The number of allylic oxidation sites excluding steroid dienone is 10. The molecule has 0 aromatic carbocycles. The molecule has 0 saturated heterocycles. The molecular weight excluding hydrogens is 731 g/mol.